The molecule has 9 atom stereocenters. The fourth-order valence-electron chi connectivity index (χ4n) is 13.7. The van der Waals surface area contributed by atoms with Crippen molar-refractivity contribution in [3.05, 3.63) is 41.2 Å². The van der Waals surface area contributed by atoms with E-state index >= 15 is 0 Å². The number of allylic oxidation sites excluding steroid dienone is 1. The van der Waals surface area contributed by atoms with Gasteiger partial charge in [-0.15, -0.1) is 0 Å². The molecule has 4 N–H and O–H groups in total. The Morgan fingerprint density at radius 3 is 2.35 bits per heavy atom. The van der Waals surface area contributed by atoms with Gasteiger partial charge in [-0.2, -0.15) is 0 Å². The fraction of sp³-hybridized carbons (Fsp3) is 0.733. The largest absolute Gasteiger partial charge is 0.481 e. The Labute approximate surface area is 321 Å². The number of carboxylic acid groups (broad SMARTS) is 1. The first kappa shape index (κ1) is 39.2. The zero-order chi connectivity index (χ0) is 39.4. The van der Waals surface area contributed by atoms with Crippen LogP contribution in [0.5, 0.6) is 0 Å². The van der Waals surface area contributed by atoms with E-state index in [-0.39, 0.29) is 58.3 Å². The number of ether oxygens (including phenoxy) is 1. The van der Waals surface area contributed by atoms with Crippen molar-refractivity contribution in [2.24, 2.45) is 61.9 Å². The highest BCUT2D eigenvalue weighted by atomic mass is 16.5. The number of benzene rings is 1. The number of hydrogen-bond donors (Lipinski definition) is 3. The van der Waals surface area contributed by atoms with Crippen molar-refractivity contribution >= 4 is 28.8 Å². The number of carbonyl (C=O) groups is 3. The Morgan fingerprint density at radius 1 is 0.981 bits per heavy atom. The SMILES string of the molecule is CC(C)C1=C2[C@H]3CC[C@@H]4[C@@]5(C)CC[C@H](OC(=O)CC(C)(C)C(=O)O)C(C)(C)[C@@H]5CC[C@@]4(C)[C@]3(C)CCC2([C@@H](O)Cn2c(CN)nc3ccccc32)CC1=O. The van der Waals surface area contributed by atoms with Gasteiger partial charge in [0, 0.05) is 17.3 Å². The van der Waals surface area contributed by atoms with Crippen LogP contribution >= 0.6 is 0 Å². The molecule has 0 amide bonds. The summed E-state index contributed by atoms with van der Waals surface area (Å²) in [7, 11) is 0. The summed E-state index contributed by atoms with van der Waals surface area (Å²) in [6.45, 7) is 20.2. The van der Waals surface area contributed by atoms with Gasteiger partial charge in [0.05, 0.1) is 42.1 Å². The summed E-state index contributed by atoms with van der Waals surface area (Å²) in [5.74, 6) is 0.653. The second-order valence-electron chi connectivity index (χ2n) is 20.4. The number of nitrogens with zero attached hydrogens (tertiary/aromatic N) is 2. The molecule has 0 radical (unpaired) electrons. The number of carboxylic acids is 1. The molecule has 1 unspecified atom stereocenters. The molecule has 54 heavy (non-hydrogen) atoms. The van der Waals surface area contributed by atoms with Gasteiger partial charge < -0.3 is 25.3 Å². The number of Topliss-reactive ketones (excluding diaryl/α,β-unsaturated/α-hetero) is 1. The molecule has 7 rings (SSSR count). The number of para-hydroxylation sites is 2. The highest BCUT2D eigenvalue weighted by Gasteiger charge is 2.71. The Kier molecular flexibility index (Phi) is 9.44. The van der Waals surface area contributed by atoms with Crippen molar-refractivity contribution in [3.63, 3.8) is 0 Å². The van der Waals surface area contributed by atoms with Gasteiger partial charge in [0.1, 0.15) is 11.9 Å². The minimum atomic E-state index is -1.17. The third-order valence-electron chi connectivity index (χ3n) is 16.8. The molecule has 2 aromatic rings. The Morgan fingerprint density at radius 2 is 1.69 bits per heavy atom. The molecule has 296 valence electrons. The van der Waals surface area contributed by atoms with Gasteiger partial charge in [0.15, 0.2) is 5.78 Å². The number of aliphatic hydroxyl groups excluding tert-OH is 1. The highest BCUT2D eigenvalue weighted by Crippen LogP contribution is 2.77. The van der Waals surface area contributed by atoms with E-state index in [0.717, 1.165) is 73.8 Å². The Balaban J connectivity index is 1.20. The maximum atomic E-state index is 14.2. The average Bonchev–Trinajstić information content (AvgIpc) is 3.60. The van der Waals surface area contributed by atoms with Crippen LogP contribution in [-0.2, 0) is 32.2 Å². The summed E-state index contributed by atoms with van der Waals surface area (Å²) in [6.07, 6.45) is 6.86. The quantitative estimate of drug-likeness (QED) is 0.218. The zero-order valence-electron chi connectivity index (χ0n) is 34.3. The topological polar surface area (TPSA) is 145 Å². The molecule has 0 bridgehead atoms. The number of aromatic nitrogens is 2. The van der Waals surface area contributed by atoms with Crippen molar-refractivity contribution in [2.45, 2.75) is 152 Å². The lowest BCUT2D eigenvalue weighted by atomic mass is 9.33. The molecular formula is C45H65N3O6. The van der Waals surface area contributed by atoms with Crippen LogP contribution < -0.4 is 5.73 Å². The second-order valence-corrected chi connectivity index (χ2v) is 20.4. The molecule has 1 aromatic carbocycles. The average molecular weight is 744 g/mol. The molecule has 5 aliphatic carbocycles. The van der Waals surface area contributed by atoms with Gasteiger partial charge in [-0.1, -0.05) is 66.2 Å². The Hall–Kier alpha value is -3.04. The summed E-state index contributed by atoms with van der Waals surface area (Å²) in [6, 6.07) is 8.00. The zero-order valence-corrected chi connectivity index (χ0v) is 34.3. The van der Waals surface area contributed by atoms with Crippen molar-refractivity contribution in [1.29, 1.82) is 0 Å². The molecule has 4 fully saturated rings. The van der Waals surface area contributed by atoms with Crippen LogP contribution in [0.3, 0.4) is 0 Å². The van der Waals surface area contributed by atoms with Gasteiger partial charge in [-0.3, -0.25) is 14.4 Å². The first-order valence-electron chi connectivity index (χ1n) is 20.7. The summed E-state index contributed by atoms with van der Waals surface area (Å²) < 4.78 is 8.26. The molecule has 0 saturated heterocycles. The van der Waals surface area contributed by atoms with Gasteiger partial charge >= 0.3 is 11.9 Å². The molecule has 1 heterocycles. The highest BCUT2D eigenvalue weighted by molar-refractivity contribution is 6.00. The molecule has 0 spiro atoms. The third kappa shape index (κ3) is 5.51. The van der Waals surface area contributed by atoms with Crippen molar-refractivity contribution < 1.29 is 29.3 Å². The molecular weight excluding hydrogens is 679 g/mol. The van der Waals surface area contributed by atoms with E-state index in [9.17, 15) is 24.6 Å². The normalized spacial score (nSPS) is 36.7. The van der Waals surface area contributed by atoms with Crippen LogP contribution in [0.25, 0.3) is 11.0 Å². The predicted molar refractivity (Wildman–Crippen MR) is 209 cm³/mol. The summed E-state index contributed by atoms with van der Waals surface area (Å²) >= 11 is 0. The molecule has 5 aliphatic rings. The monoisotopic (exact) mass is 743 g/mol. The van der Waals surface area contributed by atoms with E-state index in [2.05, 4.69) is 53.0 Å². The number of aliphatic carboxylic acids is 1. The van der Waals surface area contributed by atoms with Crippen molar-refractivity contribution in [1.82, 2.24) is 9.55 Å². The van der Waals surface area contributed by atoms with Crippen LogP contribution in [0.1, 0.15) is 132 Å². The number of ketones is 1. The fourth-order valence-corrected chi connectivity index (χ4v) is 13.7. The number of carbonyl (C=O) groups excluding carboxylic acids is 2. The first-order valence-corrected chi connectivity index (χ1v) is 20.7. The maximum Gasteiger partial charge on any atom is 0.309 e. The molecule has 9 nitrogen and oxygen atoms in total. The van der Waals surface area contributed by atoms with Crippen LogP contribution in [0.15, 0.2) is 35.4 Å². The van der Waals surface area contributed by atoms with Crippen molar-refractivity contribution in [3.8, 4) is 0 Å². The number of nitrogens with two attached hydrogens (primary N) is 1. The summed E-state index contributed by atoms with van der Waals surface area (Å²) in [5, 5.41) is 22.2. The Bertz CT molecular complexity index is 1890. The number of rotatable bonds is 9. The summed E-state index contributed by atoms with van der Waals surface area (Å²) in [5.41, 5.74) is 8.24. The van der Waals surface area contributed by atoms with E-state index in [1.165, 1.54) is 5.57 Å². The maximum absolute atomic E-state index is 14.2. The van der Waals surface area contributed by atoms with Crippen molar-refractivity contribution in [2.75, 3.05) is 0 Å². The van der Waals surface area contributed by atoms with E-state index < -0.39 is 28.9 Å². The lowest BCUT2D eigenvalue weighted by molar-refractivity contribution is -0.235. The lowest BCUT2D eigenvalue weighted by Gasteiger charge is -2.72. The molecule has 1 aromatic heterocycles. The number of hydrogen-bond acceptors (Lipinski definition) is 7. The van der Waals surface area contributed by atoms with Gasteiger partial charge in [0.2, 0.25) is 0 Å². The van der Waals surface area contributed by atoms with E-state index in [0.29, 0.717) is 24.8 Å². The van der Waals surface area contributed by atoms with Gasteiger partial charge in [-0.25, -0.2) is 4.98 Å². The van der Waals surface area contributed by atoms with Crippen LogP contribution in [-0.4, -0.2) is 49.7 Å². The number of fused-ring (bicyclic) bond motifs is 8. The van der Waals surface area contributed by atoms with E-state index in [1.807, 2.05) is 24.3 Å². The summed E-state index contributed by atoms with van der Waals surface area (Å²) in [4.78, 5) is 43.9. The van der Waals surface area contributed by atoms with E-state index in [4.69, 9.17) is 15.5 Å². The minimum Gasteiger partial charge on any atom is -0.481 e. The smallest absolute Gasteiger partial charge is 0.309 e. The molecule has 4 saturated carbocycles. The number of imidazole rings is 1. The second kappa shape index (κ2) is 13.0. The van der Waals surface area contributed by atoms with Crippen LogP contribution in [0.2, 0.25) is 0 Å². The predicted octanol–water partition coefficient (Wildman–Crippen LogP) is 8.25. The minimum absolute atomic E-state index is 0.0252. The van der Waals surface area contributed by atoms with Gasteiger partial charge in [-0.05, 0) is 123 Å². The first-order chi connectivity index (χ1) is 25.2. The van der Waals surface area contributed by atoms with E-state index in [1.54, 1.807) is 13.8 Å². The van der Waals surface area contributed by atoms with Crippen LogP contribution in [0, 0.1) is 56.2 Å². The molecule has 0 aliphatic heterocycles. The third-order valence-corrected chi connectivity index (χ3v) is 16.8. The molecule has 9 heteroatoms. The van der Waals surface area contributed by atoms with Gasteiger partial charge in [0.25, 0.3) is 0 Å². The standard InChI is InChI=1S/C45H65N3O6/c1-26(2)37-30(49)22-45(33(50)25-48-29-13-11-10-12-28(29)47-35(48)24-46)21-20-43(8)27(38(37)45)14-15-32-42(7)18-17-34(54-36(51)23-40(3,4)39(52)53)41(5,6)31(42)16-19-44(32,43)9/h10-13,26-27,31-34,50H,14-25,46H2,1-9H3,(H,52,53)/t27-,31+,32-,33+,34+,42+,43-,44-,45?/m1/s1. The number of aliphatic hydroxyl groups is 1. The lowest BCUT2D eigenvalue weighted by Crippen LogP contribution is -2.66. The van der Waals surface area contributed by atoms with Crippen LogP contribution in [0.4, 0.5) is 0 Å². The number of esters is 1.